The van der Waals surface area contributed by atoms with Crippen LogP contribution in [0.1, 0.15) is 15.9 Å². The average Bonchev–Trinajstić information content (AvgIpc) is 2.48. The summed E-state index contributed by atoms with van der Waals surface area (Å²) in [6.45, 7) is 1.88. The molecule has 7 heteroatoms. The van der Waals surface area contributed by atoms with E-state index in [0.717, 1.165) is 5.56 Å². The lowest BCUT2D eigenvalue weighted by Gasteiger charge is -2.10. The quantitative estimate of drug-likeness (QED) is 0.730. The number of hydrogen-bond acceptors (Lipinski definition) is 2. The number of rotatable bonds is 2. The third-order valence-electron chi connectivity index (χ3n) is 2.75. The second-order valence-corrected chi connectivity index (χ2v) is 5.35. The van der Waals surface area contributed by atoms with E-state index in [-0.39, 0.29) is 0 Å². The molecule has 2 aromatic rings. The van der Waals surface area contributed by atoms with Crippen molar-refractivity contribution in [1.82, 2.24) is 10.9 Å². The number of urea groups is 1. The molecule has 3 N–H and O–H groups in total. The summed E-state index contributed by atoms with van der Waals surface area (Å²) in [7, 11) is 0. The van der Waals surface area contributed by atoms with Crippen LogP contribution in [0.25, 0.3) is 0 Å². The Morgan fingerprint density at radius 1 is 0.955 bits per heavy atom. The van der Waals surface area contributed by atoms with Gasteiger partial charge in [-0.25, -0.2) is 10.2 Å². The first-order valence-electron chi connectivity index (χ1n) is 6.35. The summed E-state index contributed by atoms with van der Waals surface area (Å²) in [6, 6.07) is 11.1. The summed E-state index contributed by atoms with van der Waals surface area (Å²) >= 11 is 11.6. The van der Waals surface area contributed by atoms with Crippen molar-refractivity contribution in [3.05, 3.63) is 63.6 Å². The van der Waals surface area contributed by atoms with Crippen molar-refractivity contribution >= 4 is 40.8 Å². The molecule has 22 heavy (non-hydrogen) atoms. The first-order valence-corrected chi connectivity index (χ1v) is 7.10. The molecule has 0 aliphatic carbocycles. The summed E-state index contributed by atoms with van der Waals surface area (Å²) < 4.78 is 0. The third-order valence-corrected chi connectivity index (χ3v) is 3.49. The Bertz CT molecular complexity index is 720. The van der Waals surface area contributed by atoms with Gasteiger partial charge in [0.15, 0.2) is 0 Å². The fraction of sp³-hybridized carbons (Fsp3) is 0.0667. The largest absolute Gasteiger partial charge is 0.337 e. The van der Waals surface area contributed by atoms with Gasteiger partial charge in [0.1, 0.15) is 0 Å². The standard InChI is InChI=1S/C15H13Cl2N3O2/c1-9-3-2-4-10(7-9)14(21)19-20-15(22)18-11-5-6-12(16)13(17)8-11/h2-8H,1H3,(H,19,21)(H2,18,20,22). The van der Waals surface area contributed by atoms with Crippen LogP contribution in [0.4, 0.5) is 10.5 Å². The maximum Gasteiger partial charge on any atom is 0.337 e. The van der Waals surface area contributed by atoms with E-state index in [0.29, 0.717) is 21.3 Å². The molecule has 2 aromatic carbocycles. The molecule has 0 atom stereocenters. The van der Waals surface area contributed by atoms with E-state index in [1.807, 2.05) is 13.0 Å². The van der Waals surface area contributed by atoms with E-state index in [1.54, 1.807) is 30.3 Å². The lowest BCUT2D eigenvalue weighted by Crippen LogP contribution is -2.43. The molecule has 0 saturated carbocycles. The zero-order valence-corrected chi connectivity index (χ0v) is 13.1. The first kappa shape index (κ1) is 16.1. The van der Waals surface area contributed by atoms with Gasteiger partial charge in [-0.05, 0) is 37.3 Å². The van der Waals surface area contributed by atoms with Crippen LogP contribution in [-0.4, -0.2) is 11.9 Å². The zero-order chi connectivity index (χ0) is 16.1. The normalized spacial score (nSPS) is 9.95. The topological polar surface area (TPSA) is 70.2 Å². The van der Waals surface area contributed by atoms with Gasteiger partial charge in [0, 0.05) is 11.3 Å². The molecule has 0 spiro atoms. The van der Waals surface area contributed by atoms with Crippen molar-refractivity contribution in [2.75, 3.05) is 5.32 Å². The maximum absolute atomic E-state index is 11.9. The van der Waals surface area contributed by atoms with Crippen LogP contribution >= 0.6 is 23.2 Å². The molecule has 0 aromatic heterocycles. The summed E-state index contributed by atoms with van der Waals surface area (Å²) in [5.41, 5.74) is 6.43. The number of hydrazine groups is 1. The molecule has 0 unspecified atom stereocenters. The van der Waals surface area contributed by atoms with Crippen molar-refractivity contribution in [3.8, 4) is 0 Å². The number of anilines is 1. The average molecular weight is 338 g/mol. The van der Waals surface area contributed by atoms with Crippen LogP contribution < -0.4 is 16.2 Å². The van der Waals surface area contributed by atoms with Gasteiger partial charge in [-0.1, -0.05) is 40.9 Å². The number of hydrogen-bond donors (Lipinski definition) is 3. The molecule has 3 amide bonds. The predicted molar refractivity (Wildman–Crippen MR) is 87.3 cm³/mol. The van der Waals surface area contributed by atoms with Gasteiger partial charge in [0.2, 0.25) is 0 Å². The number of carbonyl (C=O) groups is 2. The first-order chi connectivity index (χ1) is 10.5. The lowest BCUT2D eigenvalue weighted by molar-refractivity contribution is 0.0938. The van der Waals surface area contributed by atoms with Crippen LogP contribution in [0.3, 0.4) is 0 Å². The van der Waals surface area contributed by atoms with Crippen molar-refractivity contribution < 1.29 is 9.59 Å². The van der Waals surface area contributed by atoms with Crippen LogP contribution in [0, 0.1) is 6.92 Å². The highest BCUT2D eigenvalue weighted by atomic mass is 35.5. The molecule has 0 saturated heterocycles. The molecule has 0 fully saturated rings. The molecular formula is C15H13Cl2N3O2. The second-order valence-electron chi connectivity index (χ2n) is 4.53. The highest BCUT2D eigenvalue weighted by molar-refractivity contribution is 6.42. The van der Waals surface area contributed by atoms with E-state index in [2.05, 4.69) is 16.2 Å². The molecule has 0 aliphatic heterocycles. The van der Waals surface area contributed by atoms with Gasteiger partial charge >= 0.3 is 6.03 Å². The van der Waals surface area contributed by atoms with Crippen LogP contribution in [0.2, 0.25) is 10.0 Å². The number of halogens is 2. The lowest BCUT2D eigenvalue weighted by atomic mass is 10.1. The van der Waals surface area contributed by atoms with E-state index in [9.17, 15) is 9.59 Å². The Morgan fingerprint density at radius 2 is 1.73 bits per heavy atom. The monoisotopic (exact) mass is 337 g/mol. The van der Waals surface area contributed by atoms with Gasteiger partial charge < -0.3 is 5.32 Å². The Hall–Kier alpha value is -2.24. The second kappa shape index (κ2) is 7.15. The van der Waals surface area contributed by atoms with E-state index in [4.69, 9.17) is 23.2 Å². The predicted octanol–water partition coefficient (Wildman–Crippen LogP) is 3.77. The van der Waals surface area contributed by atoms with Gasteiger partial charge in [-0.15, -0.1) is 0 Å². The summed E-state index contributed by atoms with van der Waals surface area (Å²) in [5, 5.41) is 3.23. The highest BCUT2D eigenvalue weighted by Gasteiger charge is 2.08. The Kier molecular flexibility index (Phi) is 5.25. The highest BCUT2D eigenvalue weighted by Crippen LogP contribution is 2.24. The fourth-order valence-corrected chi connectivity index (χ4v) is 2.01. The van der Waals surface area contributed by atoms with Gasteiger partial charge in [-0.2, -0.15) is 0 Å². The summed E-state index contributed by atoms with van der Waals surface area (Å²) in [6.07, 6.45) is 0. The molecule has 114 valence electrons. The van der Waals surface area contributed by atoms with Crippen LogP contribution in [0.5, 0.6) is 0 Å². The van der Waals surface area contributed by atoms with Gasteiger partial charge in [0.25, 0.3) is 5.91 Å². The smallest absolute Gasteiger partial charge is 0.307 e. The Balaban J connectivity index is 1.90. The minimum atomic E-state index is -0.598. The number of nitrogens with one attached hydrogen (secondary N) is 3. The molecule has 5 nitrogen and oxygen atoms in total. The Morgan fingerprint density at radius 3 is 2.41 bits per heavy atom. The van der Waals surface area contributed by atoms with Crippen LogP contribution in [-0.2, 0) is 0 Å². The molecule has 2 rings (SSSR count). The van der Waals surface area contributed by atoms with Gasteiger partial charge in [-0.3, -0.25) is 10.2 Å². The van der Waals surface area contributed by atoms with Crippen molar-refractivity contribution in [2.45, 2.75) is 6.92 Å². The number of carbonyl (C=O) groups excluding carboxylic acids is 2. The van der Waals surface area contributed by atoms with E-state index >= 15 is 0 Å². The maximum atomic E-state index is 11.9. The third kappa shape index (κ3) is 4.38. The fourth-order valence-electron chi connectivity index (χ4n) is 1.71. The summed E-state index contributed by atoms with van der Waals surface area (Å²) in [4.78, 5) is 23.6. The minimum absolute atomic E-state index is 0.322. The number of amides is 3. The van der Waals surface area contributed by atoms with Crippen molar-refractivity contribution in [2.24, 2.45) is 0 Å². The molecule has 0 bridgehead atoms. The van der Waals surface area contributed by atoms with Crippen molar-refractivity contribution in [1.29, 1.82) is 0 Å². The van der Waals surface area contributed by atoms with Gasteiger partial charge in [0.05, 0.1) is 10.0 Å². The number of aryl methyl sites for hydroxylation is 1. The van der Waals surface area contributed by atoms with Crippen LogP contribution in [0.15, 0.2) is 42.5 Å². The molecule has 0 aliphatic rings. The van der Waals surface area contributed by atoms with E-state index in [1.165, 1.54) is 6.07 Å². The summed E-state index contributed by atoms with van der Waals surface area (Å²) in [5.74, 6) is -0.409. The number of benzene rings is 2. The Labute approximate surface area is 137 Å². The molecule has 0 heterocycles. The minimum Gasteiger partial charge on any atom is -0.307 e. The SMILES string of the molecule is Cc1cccc(C(=O)NNC(=O)Nc2ccc(Cl)c(Cl)c2)c1. The zero-order valence-electron chi connectivity index (χ0n) is 11.6. The van der Waals surface area contributed by atoms with E-state index < -0.39 is 11.9 Å². The molecular weight excluding hydrogens is 325 g/mol. The molecule has 0 radical (unpaired) electrons. The van der Waals surface area contributed by atoms with Crippen molar-refractivity contribution in [3.63, 3.8) is 0 Å².